The lowest BCUT2D eigenvalue weighted by atomic mass is 9.99. The van der Waals surface area contributed by atoms with E-state index in [2.05, 4.69) is 15.6 Å². The molecule has 1 aromatic heterocycles. The van der Waals surface area contributed by atoms with Crippen molar-refractivity contribution in [2.75, 3.05) is 11.9 Å². The average molecular weight is 276 g/mol. The number of nitrogens with zero attached hydrogens (tertiary/aromatic N) is 2. The minimum atomic E-state index is -0.795. The van der Waals surface area contributed by atoms with Crippen LogP contribution in [-0.2, 0) is 11.3 Å². The first-order valence-electron chi connectivity index (χ1n) is 6.83. The summed E-state index contributed by atoms with van der Waals surface area (Å²) in [6.45, 7) is 6.63. The highest BCUT2D eigenvalue weighted by Crippen LogP contribution is 2.22. The third-order valence-electron chi connectivity index (χ3n) is 3.57. The highest BCUT2D eigenvalue weighted by atomic mass is 16.2. The normalized spacial score (nSPS) is 22.1. The summed E-state index contributed by atoms with van der Waals surface area (Å²) in [5, 5.41) is 5.91. The van der Waals surface area contributed by atoms with E-state index in [-0.39, 0.29) is 18.5 Å². The second kappa shape index (κ2) is 5.48. The van der Waals surface area contributed by atoms with Gasteiger partial charge in [-0.15, -0.1) is 0 Å². The van der Waals surface area contributed by atoms with Gasteiger partial charge >= 0.3 is 6.03 Å². The van der Waals surface area contributed by atoms with Crippen LogP contribution in [0.25, 0.3) is 0 Å². The van der Waals surface area contributed by atoms with E-state index < -0.39 is 5.54 Å². The summed E-state index contributed by atoms with van der Waals surface area (Å²) < 4.78 is 0. The standard InChI is InChI=1S/C14H20N4O2/c1-4-14(3)12(19)18(13(20)17-14)9-11-8-10(15-5-2)6-7-16-11/h6-8H,4-5,9H2,1-3H3,(H,15,16)(H,17,20). The fraction of sp³-hybridized carbons (Fsp3) is 0.500. The topological polar surface area (TPSA) is 74.3 Å². The Balaban J connectivity index is 2.16. The molecule has 1 aliphatic heterocycles. The molecule has 1 aromatic rings. The molecule has 1 atom stereocenters. The zero-order valence-corrected chi connectivity index (χ0v) is 12.1. The highest BCUT2D eigenvalue weighted by molar-refractivity contribution is 6.06. The molecule has 3 amide bonds. The Kier molecular flexibility index (Phi) is 3.92. The van der Waals surface area contributed by atoms with Crippen LogP contribution in [0.2, 0.25) is 0 Å². The van der Waals surface area contributed by atoms with E-state index in [9.17, 15) is 9.59 Å². The van der Waals surface area contributed by atoms with Crippen LogP contribution in [-0.4, -0.2) is 33.9 Å². The minimum Gasteiger partial charge on any atom is -0.385 e. The van der Waals surface area contributed by atoms with Crippen LogP contribution in [0.3, 0.4) is 0 Å². The zero-order chi connectivity index (χ0) is 14.8. The molecule has 1 saturated heterocycles. The van der Waals surface area contributed by atoms with Crippen LogP contribution >= 0.6 is 0 Å². The van der Waals surface area contributed by atoms with Gasteiger partial charge in [-0.1, -0.05) is 6.92 Å². The van der Waals surface area contributed by atoms with Crippen LogP contribution in [0.5, 0.6) is 0 Å². The van der Waals surface area contributed by atoms with Crippen LogP contribution in [0.4, 0.5) is 10.5 Å². The maximum atomic E-state index is 12.3. The molecule has 20 heavy (non-hydrogen) atoms. The Hall–Kier alpha value is -2.11. The predicted molar refractivity (Wildman–Crippen MR) is 76.2 cm³/mol. The molecule has 6 nitrogen and oxygen atoms in total. The minimum absolute atomic E-state index is 0.194. The van der Waals surface area contributed by atoms with Crippen LogP contribution in [0, 0.1) is 0 Å². The first kappa shape index (κ1) is 14.3. The molecule has 1 fully saturated rings. The SMILES string of the molecule is CCNc1ccnc(CN2C(=O)NC(C)(CC)C2=O)c1. The van der Waals surface area contributed by atoms with Crippen LogP contribution in [0.1, 0.15) is 32.9 Å². The lowest BCUT2D eigenvalue weighted by Gasteiger charge is -2.19. The summed E-state index contributed by atoms with van der Waals surface area (Å²) in [5.41, 5.74) is 0.825. The van der Waals surface area contributed by atoms with Gasteiger partial charge in [0.15, 0.2) is 0 Å². The second-order valence-corrected chi connectivity index (χ2v) is 5.07. The number of anilines is 1. The number of amides is 3. The van der Waals surface area contributed by atoms with Gasteiger partial charge in [-0.3, -0.25) is 14.7 Å². The summed E-state index contributed by atoms with van der Waals surface area (Å²) in [5.74, 6) is -0.194. The number of hydrogen-bond donors (Lipinski definition) is 2. The van der Waals surface area contributed by atoms with E-state index in [1.54, 1.807) is 13.1 Å². The van der Waals surface area contributed by atoms with Gasteiger partial charge < -0.3 is 10.6 Å². The first-order valence-corrected chi connectivity index (χ1v) is 6.83. The van der Waals surface area contributed by atoms with Crippen molar-refractivity contribution in [2.45, 2.75) is 39.3 Å². The Morgan fingerprint density at radius 1 is 1.40 bits per heavy atom. The molecule has 0 aromatic carbocycles. The third-order valence-corrected chi connectivity index (χ3v) is 3.57. The molecular formula is C14H20N4O2. The summed E-state index contributed by atoms with van der Waals surface area (Å²) in [4.78, 5) is 29.6. The molecule has 0 saturated carbocycles. The van der Waals surface area contributed by atoms with Crippen molar-refractivity contribution in [1.29, 1.82) is 0 Å². The van der Waals surface area contributed by atoms with Crippen molar-refractivity contribution in [1.82, 2.24) is 15.2 Å². The van der Waals surface area contributed by atoms with Gasteiger partial charge in [0.2, 0.25) is 0 Å². The molecule has 108 valence electrons. The quantitative estimate of drug-likeness (QED) is 0.803. The molecule has 0 spiro atoms. The number of hydrogen-bond acceptors (Lipinski definition) is 4. The molecule has 2 heterocycles. The second-order valence-electron chi connectivity index (χ2n) is 5.07. The number of urea groups is 1. The lowest BCUT2D eigenvalue weighted by molar-refractivity contribution is -0.131. The monoisotopic (exact) mass is 276 g/mol. The first-order chi connectivity index (χ1) is 9.50. The van der Waals surface area contributed by atoms with E-state index in [1.807, 2.05) is 26.0 Å². The summed E-state index contributed by atoms with van der Waals surface area (Å²) in [7, 11) is 0. The average Bonchev–Trinajstić information content (AvgIpc) is 2.64. The van der Waals surface area contributed by atoms with Gasteiger partial charge in [0, 0.05) is 18.4 Å². The van der Waals surface area contributed by atoms with Gasteiger partial charge in [-0.25, -0.2) is 4.79 Å². The maximum Gasteiger partial charge on any atom is 0.325 e. The Bertz CT molecular complexity index is 532. The van der Waals surface area contributed by atoms with Crippen molar-refractivity contribution in [3.63, 3.8) is 0 Å². The highest BCUT2D eigenvalue weighted by Gasteiger charge is 2.46. The van der Waals surface area contributed by atoms with Crippen molar-refractivity contribution >= 4 is 17.6 Å². The van der Waals surface area contributed by atoms with Crippen molar-refractivity contribution in [3.8, 4) is 0 Å². The molecule has 2 rings (SSSR count). The Morgan fingerprint density at radius 2 is 2.15 bits per heavy atom. The fourth-order valence-electron chi connectivity index (χ4n) is 2.17. The van der Waals surface area contributed by atoms with Crippen LogP contribution < -0.4 is 10.6 Å². The zero-order valence-electron chi connectivity index (χ0n) is 12.1. The molecule has 1 aliphatic rings. The van der Waals surface area contributed by atoms with E-state index in [1.165, 1.54) is 4.90 Å². The number of pyridine rings is 1. The smallest absolute Gasteiger partial charge is 0.325 e. The van der Waals surface area contributed by atoms with Crippen molar-refractivity contribution < 1.29 is 9.59 Å². The van der Waals surface area contributed by atoms with Gasteiger partial charge in [0.1, 0.15) is 5.54 Å². The number of aromatic nitrogens is 1. The van der Waals surface area contributed by atoms with Crippen molar-refractivity contribution in [3.05, 3.63) is 24.0 Å². The van der Waals surface area contributed by atoms with Gasteiger partial charge in [0.25, 0.3) is 5.91 Å². The molecule has 1 unspecified atom stereocenters. The molecule has 0 bridgehead atoms. The van der Waals surface area contributed by atoms with E-state index in [0.29, 0.717) is 12.1 Å². The summed E-state index contributed by atoms with van der Waals surface area (Å²) >= 11 is 0. The number of rotatable bonds is 5. The van der Waals surface area contributed by atoms with E-state index in [4.69, 9.17) is 0 Å². The number of carbonyl (C=O) groups is 2. The summed E-state index contributed by atoms with van der Waals surface area (Å²) in [6, 6.07) is 3.36. The van der Waals surface area contributed by atoms with E-state index >= 15 is 0 Å². The lowest BCUT2D eigenvalue weighted by Crippen LogP contribution is -2.43. The summed E-state index contributed by atoms with van der Waals surface area (Å²) in [6.07, 6.45) is 2.24. The maximum absolute atomic E-state index is 12.3. The number of nitrogens with one attached hydrogen (secondary N) is 2. The molecule has 6 heteroatoms. The fourth-order valence-corrected chi connectivity index (χ4v) is 2.17. The predicted octanol–water partition coefficient (Wildman–Crippen LogP) is 1.73. The van der Waals surface area contributed by atoms with Gasteiger partial charge in [-0.2, -0.15) is 0 Å². The van der Waals surface area contributed by atoms with E-state index in [0.717, 1.165) is 12.2 Å². The van der Waals surface area contributed by atoms with Gasteiger partial charge in [0.05, 0.1) is 12.2 Å². The van der Waals surface area contributed by atoms with Crippen molar-refractivity contribution in [2.24, 2.45) is 0 Å². The molecular weight excluding hydrogens is 256 g/mol. The van der Waals surface area contributed by atoms with Gasteiger partial charge in [-0.05, 0) is 32.4 Å². The van der Waals surface area contributed by atoms with Crippen LogP contribution in [0.15, 0.2) is 18.3 Å². The molecule has 0 aliphatic carbocycles. The Morgan fingerprint density at radius 3 is 2.75 bits per heavy atom. The number of imide groups is 1. The molecule has 0 radical (unpaired) electrons. The number of carbonyl (C=O) groups excluding carboxylic acids is 2. The Labute approximate surface area is 118 Å². The third kappa shape index (κ3) is 2.59. The largest absolute Gasteiger partial charge is 0.385 e. The molecule has 2 N–H and O–H groups in total.